The molecule has 3 N–H and O–H groups in total. The number of primary amides is 1. The van der Waals surface area contributed by atoms with E-state index in [1.54, 1.807) is 6.07 Å². The third-order valence-electron chi connectivity index (χ3n) is 3.84. The Bertz CT molecular complexity index is 688. The largest absolute Gasteiger partial charge is 0.365 e. The van der Waals surface area contributed by atoms with E-state index in [1.807, 2.05) is 0 Å². The molecule has 2 aromatic heterocycles. The lowest BCUT2D eigenvalue weighted by molar-refractivity contribution is 0.0918. The number of aromatic nitrogens is 3. The standard InChI is InChI=1S/C14H17N5O2/c15-12(20)10-8-17-19-11(6-7-16-13(10)19)14(21)18-9-4-2-1-3-5-9/h6-9H,1-5H2,(H2,15,20)(H,18,21). The Morgan fingerprint density at radius 1 is 1.29 bits per heavy atom. The molecule has 7 heteroatoms. The zero-order valence-corrected chi connectivity index (χ0v) is 11.6. The second-order valence-electron chi connectivity index (χ2n) is 5.30. The molecule has 2 aromatic rings. The number of rotatable bonds is 3. The van der Waals surface area contributed by atoms with Gasteiger partial charge in [-0.3, -0.25) is 9.59 Å². The van der Waals surface area contributed by atoms with Crippen LogP contribution in [0.4, 0.5) is 0 Å². The van der Waals surface area contributed by atoms with Crippen LogP contribution in [0.5, 0.6) is 0 Å². The second-order valence-corrected chi connectivity index (χ2v) is 5.30. The Morgan fingerprint density at radius 3 is 2.76 bits per heavy atom. The Kier molecular flexibility index (Phi) is 3.55. The summed E-state index contributed by atoms with van der Waals surface area (Å²) in [5.74, 6) is -0.809. The van der Waals surface area contributed by atoms with E-state index in [0.717, 1.165) is 25.7 Å². The fourth-order valence-corrected chi connectivity index (χ4v) is 2.74. The summed E-state index contributed by atoms with van der Waals surface area (Å²) in [6, 6.07) is 1.80. The van der Waals surface area contributed by atoms with E-state index in [4.69, 9.17) is 5.73 Å². The summed E-state index contributed by atoms with van der Waals surface area (Å²) in [7, 11) is 0. The van der Waals surface area contributed by atoms with Crippen molar-refractivity contribution in [2.75, 3.05) is 0 Å². The number of amides is 2. The smallest absolute Gasteiger partial charge is 0.270 e. The van der Waals surface area contributed by atoms with Gasteiger partial charge >= 0.3 is 0 Å². The average Bonchev–Trinajstić information content (AvgIpc) is 2.92. The number of fused-ring (bicyclic) bond motifs is 1. The summed E-state index contributed by atoms with van der Waals surface area (Å²) in [6.07, 6.45) is 8.35. The summed E-state index contributed by atoms with van der Waals surface area (Å²) in [5, 5.41) is 7.07. The molecule has 2 heterocycles. The molecular weight excluding hydrogens is 270 g/mol. The van der Waals surface area contributed by atoms with Crippen molar-refractivity contribution in [1.29, 1.82) is 0 Å². The molecule has 0 saturated heterocycles. The number of carbonyl (C=O) groups excluding carboxylic acids is 2. The Balaban J connectivity index is 1.89. The Morgan fingerprint density at radius 2 is 2.05 bits per heavy atom. The number of hydrogen-bond donors (Lipinski definition) is 2. The molecule has 7 nitrogen and oxygen atoms in total. The molecule has 0 bridgehead atoms. The maximum Gasteiger partial charge on any atom is 0.270 e. The molecule has 1 aliphatic rings. The summed E-state index contributed by atoms with van der Waals surface area (Å²) in [4.78, 5) is 27.8. The van der Waals surface area contributed by atoms with Gasteiger partial charge in [0, 0.05) is 12.2 Å². The fourth-order valence-electron chi connectivity index (χ4n) is 2.74. The molecule has 2 amide bonds. The van der Waals surface area contributed by atoms with Gasteiger partial charge in [0.1, 0.15) is 11.3 Å². The Hall–Kier alpha value is -2.44. The van der Waals surface area contributed by atoms with E-state index >= 15 is 0 Å². The summed E-state index contributed by atoms with van der Waals surface area (Å²) in [5.41, 5.74) is 6.14. The van der Waals surface area contributed by atoms with E-state index in [0.29, 0.717) is 11.3 Å². The first-order chi connectivity index (χ1) is 10.2. The van der Waals surface area contributed by atoms with Gasteiger partial charge in [-0.05, 0) is 18.9 Å². The third-order valence-corrected chi connectivity index (χ3v) is 3.84. The highest BCUT2D eigenvalue weighted by atomic mass is 16.2. The zero-order chi connectivity index (χ0) is 14.8. The van der Waals surface area contributed by atoms with Gasteiger partial charge in [0.2, 0.25) is 0 Å². The minimum Gasteiger partial charge on any atom is -0.365 e. The quantitative estimate of drug-likeness (QED) is 0.875. The van der Waals surface area contributed by atoms with Crippen LogP contribution in [0.3, 0.4) is 0 Å². The van der Waals surface area contributed by atoms with Crippen molar-refractivity contribution in [1.82, 2.24) is 19.9 Å². The predicted octanol–water partition coefficient (Wildman–Crippen LogP) is 0.891. The maximum absolute atomic E-state index is 12.4. The molecular formula is C14H17N5O2. The minimum atomic E-state index is -0.609. The van der Waals surface area contributed by atoms with E-state index < -0.39 is 5.91 Å². The number of nitrogens with one attached hydrogen (secondary N) is 1. The van der Waals surface area contributed by atoms with Gasteiger partial charge < -0.3 is 11.1 Å². The topological polar surface area (TPSA) is 102 Å². The lowest BCUT2D eigenvalue weighted by Gasteiger charge is -2.22. The Labute approximate surface area is 121 Å². The van der Waals surface area contributed by atoms with E-state index in [1.165, 1.54) is 23.3 Å². The van der Waals surface area contributed by atoms with E-state index in [9.17, 15) is 9.59 Å². The van der Waals surface area contributed by atoms with Crippen molar-refractivity contribution >= 4 is 17.5 Å². The number of hydrogen-bond acceptors (Lipinski definition) is 4. The van der Waals surface area contributed by atoms with Crippen molar-refractivity contribution in [2.45, 2.75) is 38.1 Å². The molecule has 0 atom stereocenters. The van der Waals surface area contributed by atoms with Gasteiger partial charge in [-0.1, -0.05) is 19.3 Å². The summed E-state index contributed by atoms with van der Waals surface area (Å²) < 4.78 is 1.36. The van der Waals surface area contributed by atoms with Crippen molar-refractivity contribution < 1.29 is 9.59 Å². The molecule has 0 radical (unpaired) electrons. The molecule has 0 unspecified atom stereocenters. The van der Waals surface area contributed by atoms with Crippen LogP contribution in [-0.4, -0.2) is 32.5 Å². The van der Waals surface area contributed by atoms with Crippen LogP contribution >= 0.6 is 0 Å². The molecule has 1 aliphatic carbocycles. The van der Waals surface area contributed by atoms with Gasteiger partial charge in [0.25, 0.3) is 11.8 Å². The first kappa shape index (κ1) is 13.5. The van der Waals surface area contributed by atoms with Gasteiger partial charge in [-0.15, -0.1) is 0 Å². The number of nitrogens with two attached hydrogens (primary N) is 1. The first-order valence-corrected chi connectivity index (χ1v) is 7.10. The average molecular weight is 287 g/mol. The highest BCUT2D eigenvalue weighted by molar-refractivity contribution is 5.99. The lowest BCUT2D eigenvalue weighted by Crippen LogP contribution is -2.37. The van der Waals surface area contributed by atoms with Crippen LogP contribution in [0.25, 0.3) is 5.65 Å². The van der Waals surface area contributed by atoms with Gasteiger partial charge in [0.05, 0.1) is 6.20 Å². The highest BCUT2D eigenvalue weighted by Crippen LogP contribution is 2.18. The molecule has 1 saturated carbocycles. The van der Waals surface area contributed by atoms with E-state index in [2.05, 4.69) is 15.4 Å². The highest BCUT2D eigenvalue weighted by Gasteiger charge is 2.20. The normalized spacial score (nSPS) is 16.0. The molecule has 0 spiro atoms. The van der Waals surface area contributed by atoms with Crippen LogP contribution < -0.4 is 11.1 Å². The van der Waals surface area contributed by atoms with Crippen molar-refractivity contribution in [3.8, 4) is 0 Å². The first-order valence-electron chi connectivity index (χ1n) is 7.10. The van der Waals surface area contributed by atoms with Crippen molar-refractivity contribution in [3.05, 3.63) is 29.7 Å². The van der Waals surface area contributed by atoms with Gasteiger partial charge in [-0.2, -0.15) is 5.10 Å². The monoisotopic (exact) mass is 287 g/mol. The number of carbonyl (C=O) groups is 2. The van der Waals surface area contributed by atoms with Crippen molar-refractivity contribution in [2.24, 2.45) is 5.73 Å². The summed E-state index contributed by atoms with van der Waals surface area (Å²) in [6.45, 7) is 0. The van der Waals surface area contributed by atoms with Crippen LogP contribution in [0, 0.1) is 0 Å². The molecule has 1 fully saturated rings. The van der Waals surface area contributed by atoms with Crippen molar-refractivity contribution in [3.63, 3.8) is 0 Å². The molecule has 0 aromatic carbocycles. The van der Waals surface area contributed by atoms with Crippen LogP contribution in [0.2, 0.25) is 0 Å². The molecule has 3 rings (SSSR count). The zero-order valence-electron chi connectivity index (χ0n) is 11.6. The van der Waals surface area contributed by atoms with Crippen LogP contribution in [0.15, 0.2) is 18.5 Å². The SMILES string of the molecule is NC(=O)c1cnn2c(C(=O)NC3CCCCC3)ccnc12. The second kappa shape index (κ2) is 5.51. The van der Waals surface area contributed by atoms with Crippen LogP contribution in [0.1, 0.15) is 53.0 Å². The van der Waals surface area contributed by atoms with Gasteiger partial charge in [0.15, 0.2) is 5.65 Å². The van der Waals surface area contributed by atoms with Crippen LogP contribution in [-0.2, 0) is 0 Å². The van der Waals surface area contributed by atoms with E-state index in [-0.39, 0.29) is 17.5 Å². The maximum atomic E-state index is 12.4. The minimum absolute atomic E-state index is 0.201. The third kappa shape index (κ3) is 2.58. The summed E-state index contributed by atoms with van der Waals surface area (Å²) >= 11 is 0. The van der Waals surface area contributed by atoms with Gasteiger partial charge in [-0.25, -0.2) is 9.50 Å². The lowest BCUT2D eigenvalue weighted by atomic mass is 9.95. The molecule has 0 aliphatic heterocycles. The molecule has 21 heavy (non-hydrogen) atoms. The fraction of sp³-hybridized carbons (Fsp3) is 0.429. The molecule has 110 valence electrons. The number of nitrogens with zero attached hydrogens (tertiary/aromatic N) is 3. The predicted molar refractivity (Wildman–Crippen MR) is 75.8 cm³/mol.